The topological polar surface area (TPSA) is 24.9 Å². The van der Waals surface area contributed by atoms with Crippen molar-refractivity contribution in [2.45, 2.75) is 46.2 Å². The maximum absolute atomic E-state index is 13.3. The van der Waals surface area contributed by atoms with Crippen LogP contribution in [0.15, 0.2) is 22.7 Å². The molecule has 0 bridgehead atoms. The first-order valence-corrected chi connectivity index (χ1v) is 8.70. The first kappa shape index (κ1) is 16.6. The van der Waals surface area contributed by atoms with Gasteiger partial charge in [0.05, 0.1) is 11.7 Å². The van der Waals surface area contributed by atoms with Gasteiger partial charge in [0.1, 0.15) is 10.8 Å². The minimum Gasteiger partial charge on any atom is -0.302 e. The summed E-state index contributed by atoms with van der Waals surface area (Å²) in [4.78, 5) is 6.01. The number of benzene rings is 1. The maximum atomic E-state index is 13.3. The summed E-state index contributed by atoms with van der Waals surface area (Å²) in [5, 5.41) is 4.57. The summed E-state index contributed by atoms with van der Waals surface area (Å²) in [6.07, 6.45) is 0.932. The van der Waals surface area contributed by atoms with Crippen LogP contribution in [0.25, 0.3) is 0 Å². The van der Waals surface area contributed by atoms with Crippen molar-refractivity contribution in [3.63, 3.8) is 0 Å². The highest BCUT2D eigenvalue weighted by Gasteiger charge is 2.22. The first-order chi connectivity index (χ1) is 9.92. The molecule has 114 valence electrons. The van der Waals surface area contributed by atoms with E-state index in [4.69, 9.17) is 4.98 Å². The number of rotatable bonds is 5. The molecule has 0 spiro atoms. The van der Waals surface area contributed by atoms with E-state index in [0.29, 0.717) is 6.04 Å². The van der Waals surface area contributed by atoms with Gasteiger partial charge in [-0.3, -0.25) is 0 Å². The predicted molar refractivity (Wildman–Crippen MR) is 90.4 cm³/mol. The number of aromatic nitrogens is 1. The zero-order valence-electron chi connectivity index (χ0n) is 12.7. The molecule has 1 aromatic heterocycles. The minimum atomic E-state index is -0.238. The molecule has 0 aliphatic rings. The summed E-state index contributed by atoms with van der Waals surface area (Å²) in [5.74, 6) is -0.238. The molecule has 2 rings (SSSR count). The van der Waals surface area contributed by atoms with Crippen molar-refractivity contribution in [3.05, 3.63) is 49.6 Å². The maximum Gasteiger partial charge on any atom is 0.124 e. The molecule has 1 atom stereocenters. The van der Waals surface area contributed by atoms with E-state index in [1.54, 1.807) is 11.3 Å². The fraction of sp³-hybridized carbons (Fsp3) is 0.438. The van der Waals surface area contributed by atoms with Gasteiger partial charge in [-0.2, -0.15) is 0 Å². The molecule has 1 unspecified atom stereocenters. The lowest BCUT2D eigenvalue weighted by Crippen LogP contribution is -2.29. The second-order valence-corrected chi connectivity index (χ2v) is 7.42. The molecule has 0 radical (unpaired) electrons. The molecule has 1 N–H and O–H groups in total. The van der Waals surface area contributed by atoms with Gasteiger partial charge in [-0.15, -0.1) is 11.3 Å². The van der Waals surface area contributed by atoms with Gasteiger partial charge in [-0.1, -0.05) is 28.9 Å². The average Bonchev–Trinajstić information content (AvgIpc) is 2.77. The molecule has 0 saturated carbocycles. The zero-order valence-corrected chi connectivity index (χ0v) is 15.1. The summed E-state index contributed by atoms with van der Waals surface area (Å²) < 4.78 is 14.1. The van der Waals surface area contributed by atoms with Gasteiger partial charge >= 0.3 is 0 Å². The van der Waals surface area contributed by atoms with Gasteiger partial charge < -0.3 is 5.32 Å². The highest BCUT2D eigenvalue weighted by atomic mass is 79.9. The van der Waals surface area contributed by atoms with Gasteiger partial charge in [0.15, 0.2) is 0 Å². The van der Waals surface area contributed by atoms with E-state index in [0.717, 1.165) is 27.2 Å². The highest BCUT2D eigenvalue weighted by Crippen LogP contribution is 2.33. The van der Waals surface area contributed by atoms with Gasteiger partial charge in [0.2, 0.25) is 0 Å². The molecule has 0 saturated heterocycles. The van der Waals surface area contributed by atoms with Crippen LogP contribution in [0.2, 0.25) is 0 Å². The van der Waals surface area contributed by atoms with Crippen LogP contribution in [0.1, 0.15) is 48.0 Å². The Morgan fingerprint density at radius 1 is 1.38 bits per heavy atom. The summed E-state index contributed by atoms with van der Waals surface area (Å²) in [6, 6.07) is 5.11. The Morgan fingerprint density at radius 3 is 2.62 bits per heavy atom. The Kier molecular flexibility index (Phi) is 5.52. The number of nitrogens with one attached hydrogen (secondary N) is 1. The van der Waals surface area contributed by atoms with Crippen molar-refractivity contribution in [2.24, 2.45) is 0 Å². The molecule has 2 aromatic rings. The Morgan fingerprint density at radius 2 is 2.10 bits per heavy atom. The van der Waals surface area contributed by atoms with Crippen molar-refractivity contribution in [1.29, 1.82) is 0 Å². The van der Waals surface area contributed by atoms with Crippen LogP contribution in [0, 0.1) is 12.7 Å². The van der Waals surface area contributed by atoms with Gasteiger partial charge in [0, 0.05) is 15.4 Å². The predicted octanol–water partition coefficient (Wildman–Crippen LogP) is 5.00. The summed E-state index contributed by atoms with van der Waals surface area (Å²) in [6.45, 7) is 8.42. The third kappa shape index (κ3) is 3.90. The number of hydrogen-bond donors (Lipinski definition) is 1. The van der Waals surface area contributed by atoms with Crippen LogP contribution in [0.5, 0.6) is 0 Å². The number of nitrogens with zero attached hydrogens (tertiary/aromatic N) is 1. The molecule has 0 aliphatic heterocycles. The normalized spacial score (nSPS) is 12.9. The molecule has 21 heavy (non-hydrogen) atoms. The van der Waals surface area contributed by atoms with E-state index >= 15 is 0 Å². The van der Waals surface area contributed by atoms with Crippen molar-refractivity contribution in [2.75, 3.05) is 0 Å². The van der Waals surface area contributed by atoms with Crippen molar-refractivity contribution in [1.82, 2.24) is 10.3 Å². The molecule has 2 nitrogen and oxygen atoms in total. The molecular formula is C16H20BrFN2S. The third-order valence-electron chi connectivity index (χ3n) is 3.26. The number of halogens is 2. The SMILES string of the molecule is CCc1nc(C(NC(C)C)c2ccc(F)cc2Br)sc1C. The third-order valence-corrected chi connectivity index (χ3v) is 5.03. The van der Waals surface area contributed by atoms with Crippen LogP contribution in [-0.2, 0) is 6.42 Å². The Labute approximate surface area is 137 Å². The Bertz CT molecular complexity index is 625. The second kappa shape index (κ2) is 6.99. The van der Waals surface area contributed by atoms with Crippen LogP contribution in [0.3, 0.4) is 0 Å². The quantitative estimate of drug-likeness (QED) is 0.800. The molecular weight excluding hydrogens is 351 g/mol. The molecule has 1 aromatic carbocycles. The fourth-order valence-corrected chi connectivity index (χ4v) is 3.93. The van der Waals surface area contributed by atoms with Crippen LogP contribution >= 0.6 is 27.3 Å². The molecule has 0 fully saturated rings. The Balaban J connectivity index is 2.46. The van der Waals surface area contributed by atoms with E-state index in [9.17, 15) is 4.39 Å². The second-order valence-electron chi connectivity index (χ2n) is 5.33. The van der Waals surface area contributed by atoms with Gasteiger partial charge in [-0.25, -0.2) is 9.37 Å². The van der Waals surface area contributed by atoms with Gasteiger partial charge in [-0.05, 0) is 44.9 Å². The number of aryl methyl sites for hydroxylation is 2. The lowest BCUT2D eigenvalue weighted by atomic mass is 10.1. The summed E-state index contributed by atoms with van der Waals surface area (Å²) in [7, 11) is 0. The first-order valence-electron chi connectivity index (χ1n) is 7.09. The molecule has 0 aliphatic carbocycles. The van der Waals surface area contributed by atoms with E-state index in [1.165, 1.54) is 17.0 Å². The summed E-state index contributed by atoms with van der Waals surface area (Å²) in [5.41, 5.74) is 2.16. The van der Waals surface area contributed by atoms with E-state index in [-0.39, 0.29) is 11.9 Å². The van der Waals surface area contributed by atoms with Crippen LogP contribution in [-0.4, -0.2) is 11.0 Å². The standard InChI is InChI=1S/C16H20BrFN2S/c1-5-14-10(4)21-16(20-14)15(19-9(2)3)12-7-6-11(18)8-13(12)17/h6-9,15,19H,5H2,1-4H3. The largest absolute Gasteiger partial charge is 0.302 e. The van der Waals surface area contributed by atoms with Crippen molar-refractivity contribution in [3.8, 4) is 0 Å². The monoisotopic (exact) mass is 370 g/mol. The van der Waals surface area contributed by atoms with E-state index < -0.39 is 0 Å². The van der Waals surface area contributed by atoms with Crippen molar-refractivity contribution >= 4 is 27.3 Å². The van der Waals surface area contributed by atoms with Crippen LogP contribution in [0.4, 0.5) is 4.39 Å². The molecule has 5 heteroatoms. The van der Waals surface area contributed by atoms with E-state index in [1.807, 2.05) is 6.07 Å². The number of hydrogen-bond acceptors (Lipinski definition) is 3. The summed E-state index contributed by atoms with van der Waals surface area (Å²) >= 11 is 5.18. The lowest BCUT2D eigenvalue weighted by Gasteiger charge is -2.21. The zero-order chi connectivity index (χ0) is 15.6. The number of thiazole rings is 1. The average molecular weight is 371 g/mol. The van der Waals surface area contributed by atoms with Crippen LogP contribution < -0.4 is 5.32 Å². The van der Waals surface area contributed by atoms with Crippen molar-refractivity contribution < 1.29 is 4.39 Å². The fourth-order valence-electron chi connectivity index (χ4n) is 2.26. The van der Waals surface area contributed by atoms with E-state index in [2.05, 4.69) is 48.9 Å². The lowest BCUT2D eigenvalue weighted by molar-refractivity contribution is 0.523. The Hall–Kier alpha value is -0.780. The van der Waals surface area contributed by atoms with Gasteiger partial charge in [0.25, 0.3) is 0 Å². The highest BCUT2D eigenvalue weighted by molar-refractivity contribution is 9.10. The molecule has 0 amide bonds. The molecule has 1 heterocycles. The minimum absolute atomic E-state index is 0.0241. The smallest absolute Gasteiger partial charge is 0.124 e.